The summed E-state index contributed by atoms with van der Waals surface area (Å²) in [6, 6.07) is 11.6. The summed E-state index contributed by atoms with van der Waals surface area (Å²) in [5, 5.41) is 7.50. The van der Waals surface area contributed by atoms with Crippen molar-refractivity contribution in [3.05, 3.63) is 59.9 Å². The molecular formula is C15H16N2O2. The number of aromatic nitrogens is 2. The highest BCUT2D eigenvalue weighted by atomic mass is 16.5. The van der Waals surface area contributed by atoms with E-state index in [1.54, 1.807) is 12.4 Å². The van der Waals surface area contributed by atoms with Crippen molar-refractivity contribution in [2.45, 2.75) is 25.9 Å². The van der Waals surface area contributed by atoms with Crippen LogP contribution in [0.1, 0.15) is 24.0 Å². The van der Waals surface area contributed by atoms with E-state index < -0.39 is 0 Å². The first-order valence-electron chi connectivity index (χ1n) is 6.30. The van der Waals surface area contributed by atoms with E-state index in [0.29, 0.717) is 13.0 Å². The molecule has 2 aromatic rings. The van der Waals surface area contributed by atoms with Gasteiger partial charge in [-0.2, -0.15) is 10.2 Å². The van der Waals surface area contributed by atoms with E-state index in [-0.39, 0.29) is 5.97 Å². The van der Waals surface area contributed by atoms with Crippen molar-refractivity contribution in [2.75, 3.05) is 0 Å². The van der Waals surface area contributed by atoms with Gasteiger partial charge in [-0.15, -0.1) is 0 Å². The lowest BCUT2D eigenvalue weighted by Crippen LogP contribution is -2.05. The van der Waals surface area contributed by atoms with E-state index in [1.165, 1.54) is 0 Å². The van der Waals surface area contributed by atoms with Gasteiger partial charge in [0.1, 0.15) is 6.61 Å². The molecule has 0 saturated heterocycles. The summed E-state index contributed by atoms with van der Waals surface area (Å²) in [6.45, 7) is 0.344. The largest absolute Gasteiger partial charge is 0.461 e. The van der Waals surface area contributed by atoms with Crippen LogP contribution in [0.15, 0.2) is 48.8 Å². The standard InChI is InChI=1S/C15H16N2O2/c18-15(19-12-14-5-2-1-3-6-14)8-4-7-13-9-10-16-17-11-13/h1-3,5-6,9-11H,4,7-8,12H2. The molecule has 0 fully saturated rings. The van der Waals surface area contributed by atoms with Gasteiger partial charge >= 0.3 is 5.97 Å². The Hall–Kier alpha value is -2.23. The molecule has 4 heteroatoms. The first kappa shape index (κ1) is 13.2. The predicted octanol–water partition coefficient (Wildman–Crippen LogP) is 2.54. The molecule has 1 heterocycles. The highest BCUT2D eigenvalue weighted by Gasteiger charge is 2.03. The van der Waals surface area contributed by atoms with Crippen molar-refractivity contribution < 1.29 is 9.53 Å². The van der Waals surface area contributed by atoms with E-state index in [0.717, 1.165) is 24.0 Å². The summed E-state index contributed by atoms with van der Waals surface area (Å²) in [6.07, 6.45) is 5.38. The predicted molar refractivity (Wildman–Crippen MR) is 71.2 cm³/mol. The quantitative estimate of drug-likeness (QED) is 0.745. The third-order valence-electron chi connectivity index (χ3n) is 2.73. The first-order valence-corrected chi connectivity index (χ1v) is 6.30. The Kier molecular flexibility index (Phi) is 5.05. The molecule has 98 valence electrons. The van der Waals surface area contributed by atoms with E-state index >= 15 is 0 Å². The van der Waals surface area contributed by atoms with Crippen LogP contribution in [0.5, 0.6) is 0 Å². The van der Waals surface area contributed by atoms with Crippen LogP contribution in [-0.2, 0) is 22.6 Å². The minimum atomic E-state index is -0.161. The number of ether oxygens (including phenoxy) is 1. The molecule has 1 aromatic heterocycles. The lowest BCUT2D eigenvalue weighted by molar-refractivity contribution is -0.145. The fraction of sp³-hybridized carbons (Fsp3) is 0.267. The van der Waals surface area contributed by atoms with Gasteiger partial charge in [-0.1, -0.05) is 30.3 Å². The summed E-state index contributed by atoms with van der Waals surface area (Å²) in [4.78, 5) is 11.6. The minimum Gasteiger partial charge on any atom is -0.461 e. The van der Waals surface area contributed by atoms with Crippen LogP contribution < -0.4 is 0 Å². The molecule has 0 aliphatic rings. The molecule has 0 aliphatic carbocycles. The Bertz CT molecular complexity index is 500. The number of esters is 1. The second kappa shape index (κ2) is 7.26. The third-order valence-corrected chi connectivity index (χ3v) is 2.73. The average Bonchev–Trinajstić information content (AvgIpc) is 2.47. The second-order valence-electron chi connectivity index (χ2n) is 4.25. The topological polar surface area (TPSA) is 52.1 Å². The lowest BCUT2D eigenvalue weighted by atomic mass is 10.1. The summed E-state index contributed by atoms with van der Waals surface area (Å²) in [7, 11) is 0. The zero-order valence-corrected chi connectivity index (χ0v) is 10.7. The highest BCUT2D eigenvalue weighted by molar-refractivity contribution is 5.69. The number of benzene rings is 1. The molecule has 19 heavy (non-hydrogen) atoms. The van der Waals surface area contributed by atoms with Gasteiger partial charge in [0.05, 0.1) is 6.20 Å². The number of hydrogen-bond donors (Lipinski definition) is 0. The molecule has 0 aliphatic heterocycles. The molecule has 0 bridgehead atoms. The molecule has 4 nitrogen and oxygen atoms in total. The number of aryl methyl sites for hydroxylation is 1. The van der Waals surface area contributed by atoms with Crippen LogP contribution in [-0.4, -0.2) is 16.2 Å². The maximum absolute atomic E-state index is 11.6. The van der Waals surface area contributed by atoms with Crippen molar-refractivity contribution in [1.29, 1.82) is 0 Å². The molecule has 0 N–H and O–H groups in total. The van der Waals surface area contributed by atoms with Gasteiger partial charge in [0.2, 0.25) is 0 Å². The Balaban J connectivity index is 1.65. The van der Waals surface area contributed by atoms with Gasteiger partial charge in [0, 0.05) is 12.6 Å². The van der Waals surface area contributed by atoms with Crippen LogP contribution in [0, 0.1) is 0 Å². The Morgan fingerprint density at radius 3 is 2.63 bits per heavy atom. The minimum absolute atomic E-state index is 0.161. The fourth-order valence-corrected chi connectivity index (χ4v) is 1.71. The summed E-state index contributed by atoms with van der Waals surface area (Å²) in [5.41, 5.74) is 2.10. The molecule has 0 radical (unpaired) electrons. The fourth-order valence-electron chi connectivity index (χ4n) is 1.71. The monoisotopic (exact) mass is 256 g/mol. The lowest BCUT2D eigenvalue weighted by Gasteiger charge is -2.04. The first-order chi connectivity index (χ1) is 9.34. The van der Waals surface area contributed by atoms with Gasteiger partial charge < -0.3 is 4.74 Å². The van der Waals surface area contributed by atoms with Crippen LogP contribution in [0.4, 0.5) is 0 Å². The number of carbonyl (C=O) groups excluding carboxylic acids is 1. The maximum Gasteiger partial charge on any atom is 0.306 e. The molecule has 1 aromatic carbocycles. The summed E-state index contributed by atoms with van der Waals surface area (Å²) < 4.78 is 5.20. The number of hydrogen-bond acceptors (Lipinski definition) is 4. The van der Waals surface area contributed by atoms with Crippen molar-refractivity contribution >= 4 is 5.97 Å². The van der Waals surface area contributed by atoms with E-state index in [2.05, 4.69) is 10.2 Å². The number of carbonyl (C=O) groups is 1. The molecule has 2 rings (SSSR count). The van der Waals surface area contributed by atoms with Crippen LogP contribution in [0.3, 0.4) is 0 Å². The Labute approximate surface area is 112 Å². The zero-order chi connectivity index (χ0) is 13.3. The Morgan fingerprint density at radius 2 is 1.89 bits per heavy atom. The molecule has 0 amide bonds. The average molecular weight is 256 g/mol. The zero-order valence-electron chi connectivity index (χ0n) is 10.7. The molecule has 0 saturated carbocycles. The van der Waals surface area contributed by atoms with Gasteiger partial charge in [-0.05, 0) is 30.0 Å². The van der Waals surface area contributed by atoms with Gasteiger partial charge in [-0.25, -0.2) is 0 Å². The Morgan fingerprint density at radius 1 is 1.05 bits per heavy atom. The van der Waals surface area contributed by atoms with Crippen LogP contribution in [0.25, 0.3) is 0 Å². The van der Waals surface area contributed by atoms with E-state index in [4.69, 9.17) is 4.74 Å². The second-order valence-corrected chi connectivity index (χ2v) is 4.25. The SMILES string of the molecule is O=C(CCCc1ccnnc1)OCc1ccccc1. The van der Waals surface area contributed by atoms with Crippen molar-refractivity contribution in [2.24, 2.45) is 0 Å². The highest BCUT2D eigenvalue weighted by Crippen LogP contribution is 2.05. The number of rotatable bonds is 6. The third kappa shape index (κ3) is 4.87. The summed E-state index contributed by atoms with van der Waals surface area (Å²) >= 11 is 0. The maximum atomic E-state index is 11.6. The van der Waals surface area contributed by atoms with E-state index in [1.807, 2.05) is 36.4 Å². The van der Waals surface area contributed by atoms with Gasteiger partial charge in [-0.3, -0.25) is 4.79 Å². The van der Waals surface area contributed by atoms with Gasteiger partial charge in [0.15, 0.2) is 0 Å². The smallest absolute Gasteiger partial charge is 0.306 e. The van der Waals surface area contributed by atoms with Crippen LogP contribution in [0.2, 0.25) is 0 Å². The summed E-state index contributed by atoms with van der Waals surface area (Å²) in [5.74, 6) is -0.161. The van der Waals surface area contributed by atoms with Crippen LogP contribution >= 0.6 is 0 Å². The number of nitrogens with zero attached hydrogens (tertiary/aromatic N) is 2. The molecule has 0 unspecified atom stereocenters. The molecule has 0 atom stereocenters. The van der Waals surface area contributed by atoms with Crippen molar-refractivity contribution in [3.8, 4) is 0 Å². The van der Waals surface area contributed by atoms with E-state index in [9.17, 15) is 4.79 Å². The molecule has 0 spiro atoms. The normalized spacial score (nSPS) is 10.1. The van der Waals surface area contributed by atoms with Gasteiger partial charge in [0.25, 0.3) is 0 Å². The molecular weight excluding hydrogens is 240 g/mol. The van der Waals surface area contributed by atoms with Crippen molar-refractivity contribution in [1.82, 2.24) is 10.2 Å². The van der Waals surface area contributed by atoms with Crippen molar-refractivity contribution in [3.63, 3.8) is 0 Å².